The highest BCUT2D eigenvalue weighted by atomic mass is 28.4. The zero-order chi connectivity index (χ0) is 16.9. The maximum absolute atomic E-state index is 14.3. The van der Waals surface area contributed by atoms with Crippen LogP contribution < -0.4 is 0 Å². The number of hydrogen-bond donors (Lipinski definition) is 0. The summed E-state index contributed by atoms with van der Waals surface area (Å²) in [6.45, 7) is 17.6. The molecule has 0 atom stereocenters. The first-order chi connectivity index (χ1) is 10.3. The van der Waals surface area contributed by atoms with Crippen LogP contribution in [-0.4, -0.2) is 8.32 Å². The second-order valence-corrected chi connectivity index (χ2v) is 12.4. The molecule has 0 fully saturated rings. The molecule has 3 heteroatoms. The molecule has 0 aromatic heterocycles. The molecule has 0 N–H and O–H groups in total. The van der Waals surface area contributed by atoms with Crippen molar-refractivity contribution < 1.29 is 8.82 Å². The first kappa shape index (κ1) is 19.1. The van der Waals surface area contributed by atoms with Gasteiger partial charge in [0.25, 0.3) is 0 Å². The Labute approximate surface area is 136 Å². The third-order valence-corrected chi connectivity index (χ3v) is 10.8. The summed E-state index contributed by atoms with van der Waals surface area (Å²) in [6, 6.07) is 5.25. The summed E-state index contributed by atoms with van der Waals surface area (Å²) in [5, 5.41) is 0. The van der Waals surface area contributed by atoms with Crippen molar-refractivity contribution in [2.24, 2.45) is 0 Å². The smallest absolute Gasteiger partial charge is 0.200 e. The van der Waals surface area contributed by atoms with Crippen LogP contribution >= 0.6 is 0 Å². The highest BCUT2D eigenvalue weighted by Crippen LogP contribution is 2.43. The van der Waals surface area contributed by atoms with Gasteiger partial charge in [-0.3, -0.25) is 0 Å². The minimum atomic E-state index is -1.97. The van der Waals surface area contributed by atoms with Crippen LogP contribution in [0.1, 0.15) is 52.7 Å². The topological polar surface area (TPSA) is 9.23 Å². The summed E-state index contributed by atoms with van der Waals surface area (Å²) in [5.74, 6) is -0.168. The van der Waals surface area contributed by atoms with E-state index in [1.807, 2.05) is 12.1 Å². The molecular formula is C19H31FOSi. The van der Waals surface area contributed by atoms with E-state index < -0.39 is 8.32 Å². The molecule has 22 heavy (non-hydrogen) atoms. The van der Waals surface area contributed by atoms with Gasteiger partial charge in [-0.25, -0.2) is 4.39 Å². The van der Waals surface area contributed by atoms with Crippen molar-refractivity contribution >= 4 is 8.32 Å². The molecular weight excluding hydrogens is 291 g/mol. The standard InChI is InChI=1S/C19H31FOSi/c1-8-10-17-11-9-12-19(20)18(17)13-21-22(14(2)3,15(4)5)16(6)7/h8-9,11-12,14-16H,1,10,13H2,2-7H3. The monoisotopic (exact) mass is 322 g/mol. The van der Waals surface area contributed by atoms with Gasteiger partial charge in [0, 0.05) is 5.56 Å². The molecule has 0 saturated heterocycles. The van der Waals surface area contributed by atoms with Crippen molar-refractivity contribution in [3.8, 4) is 0 Å². The molecule has 0 aliphatic carbocycles. The Morgan fingerprint density at radius 2 is 1.64 bits per heavy atom. The van der Waals surface area contributed by atoms with Gasteiger partial charge in [0.1, 0.15) is 5.82 Å². The number of benzene rings is 1. The lowest BCUT2D eigenvalue weighted by Crippen LogP contribution is -2.47. The van der Waals surface area contributed by atoms with E-state index in [0.29, 0.717) is 35.2 Å². The average molecular weight is 323 g/mol. The maximum Gasteiger partial charge on any atom is 0.200 e. The Balaban J connectivity index is 3.11. The van der Waals surface area contributed by atoms with Crippen molar-refractivity contribution in [3.63, 3.8) is 0 Å². The first-order valence-corrected chi connectivity index (χ1v) is 10.4. The zero-order valence-electron chi connectivity index (χ0n) is 14.9. The van der Waals surface area contributed by atoms with E-state index in [1.165, 1.54) is 6.07 Å². The molecule has 124 valence electrons. The fourth-order valence-corrected chi connectivity index (χ4v) is 9.20. The molecule has 0 heterocycles. The minimum absolute atomic E-state index is 0.168. The first-order valence-electron chi connectivity index (χ1n) is 8.28. The Morgan fingerprint density at radius 3 is 2.09 bits per heavy atom. The fourth-order valence-electron chi connectivity index (χ4n) is 3.81. The Hall–Kier alpha value is -0.933. The highest BCUT2D eigenvalue weighted by molar-refractivity contribution is 6.77. The number of rotatable bonds is 8. The molecule has 1 aromatic rings. The molecule has 0 saturated carbocycles. The molecule has 1 rings (SSSR count). The molecule has 0 unspecified atom stereocenters. The van der Waals surface area contributed by atoms with Crippen LogP contribution in [0.2, 0.25) is 16.6 Å². The van der Waals surface area contributed by atoms with Gasteiger partial charge >= 0.3 is 0 Å². The molecule has 0 amide bonds. The van der Waals surface area contributed by atoms with Gasteiger partial charge < -0.3 is 4.43 Å². The molecule has 0 aliphatic rings. The van der Waals surface area contributed by atoms with Crippen molar-refractivity contribution in [2.75, 3.05) is 0 Å². The van der Waals surface area contributed by atoms with Gasteiger partial charge in [0.2, 0.25) is 8.32 Å². The van der Waals surface area contributed by atoms with Gasteiger partial charge in [0.05, 0.1) is 6.61 Å². The molecule has 0 spiro atoms. The summed E-state index contributed by atoms with van der Waals surface area (Å²) in [7, 11) is -1.97. The lowest BCUT2D eigenvalue weighted by molar-refractivity contribution is 0.260. The molecule has 0 radical (unpaired) electrons. The van der Waals surface area contributed by atoms with E-state index >= 15 is 0 Å². The maximum atomic E-state index is 14.3. The van der Waals surface area contributed by atoms with Crippen LogP contribution in [0, 0.1) is 5.82 Å². The van der Waals surface area contributed by atoms with Crippen LogP contribution in [-0.2, 0) is 17.5 Å². The second-order valence-electron chi connectivity index (χ2n) is 6.98. The summed E-state index contributed by atoms with van der Waals surface area (Å²) in [5.41, 5.74) is 3.18. The lowest BCUT2D eigenvalue weighted by Gasteiger charge is -2.42. The van der Waals surface area contributed by atoms with E-state index in [1.54, 1.807) is 6.07 Å². The predicted octanol–water partition coefficient (Wildman–Crippen LogP) is 6.25. The largest absolute Gasteiger partial charge is 0.412 e. The van der Waals surface area contributed by atoms with Crippen molar-refractivity contribution in [3.05, 3.63) is 47.8 Å². The quantitative estimate of drug-likeness (QED) is 0.406. The van der Waals surface area contributed by atoms with Gasteiger partial charge in [-0.15, -0.1) is 6.58 Å². The van der Waals surface area contributed by atoms with Crippen LogP contribution in [0.5, 0.6) is 0 Å². The fraction of sp³-hybridized carbons (Fsp3) is 0.579. The van der Waals surface area contributed by atoms with E-state index in [-0.39, 0.29) is 5.82 Å². The summed E-state index contributed by atoms with van der Waals surface area (Å²) < 4.78 is 20.8. The third-order valence-electron chi connectivity index (χ3n) is 4.75. The van der Waals surface area contributed by atoms with Crippen molar-refractivity contribution in [1.82, 2.24) is 0 Å². The van der Waals surface area contributed by atoms with Crippen molar-refractivity contribution in [1.29, 1.82) is 0 Å². The van der Waals surface area contributed by atoms with Gasteiger partial charge in [-0.2, -0.15) is 0 Å². The normalized spacial score (nSPS) is 12.5. The third kappa shape index (κ3) is 3.88. The number of allylic oxidation sites excluding steroid dienone is 1. The molecule has 0 bridgehead atoms. The predicted molar refractivity (Wildman–Crippen MR) is 96.1 cm³/mol. The van der Waals surface area contributed by atoms with E-state index in [0.717, 1.165) is 5.56 Å². The van der Waals surface area contributed by atoms with Gasteiger partial charge in [-0.1, -0.05) is 59.8 Å². The van der Waals surface area contributed by atoms with Crippen LogP contribution in [0.4, 0.5) is 4.39 Å². The SMILES string of the molecule is C=CCc1cccc(F)c1CO[Si](C(C)C)(C(C)C)C(C)C. The molecule has 1 nitrogen and oxygen atoms in total. The van der Waals surface area contributed by atoms with Crippen molar-refractivity contribution in [2.45, 2.75) is 71.2 Å². The Kier molecular flexibility index (Phi) is 7.01. The van der Waals surface area contributed by atoms with Gasteiger partial charge in [-0.05, 0) is 34.7 Å². The van der Waals surface area contributed by atoms with Crippen LogP contribution in [0.15, 0.2) is 30.9 Å². The summed E-state index contributed by atoms with van der Waals surface area (Å²) >= 11 is 0. The summed E-state index contributed by atoms with van der Waals surface area (Å²) in [6.07, 6.45) is 2.49. The molecule has 1 aromatic carbocycles. The lowest BCUT2D eigenvalue weighted by atomic mass is 10.0. The average Bonchev–Trinajstić information content (AvgIpc) is 2.41. The minimum Gasteiger partial charge on any atom is -0.412 e. The number of hydrogen-bond acceptors (Lipinski definition) is 1. The molecule has 0 aliphatic heterocycles. The Morgan fingerprint density at radius 1 is 1.09 bits per heavy atom. The van der Waals surface area contributed by atoms with E-state index in [2.05, 4.69) is 48.1 Å². The zero-order valence-corrected chi connectivity index (χ0v) is 15.9. The van der Waals surface area contributed by atoms with Crippen LogP contribution in [0.25, 0.3) is 0 Å². The van der Waals surface area contributed by atoms with E-state index in [9.17, 15) is 4.39 Å². The second kappa shape index (κ2) is 8.07. The summed E-state index contributed by atoms with van der Waals surface area (Å²) in [4.78, 5) is 0. The Bertz CT molecular complexity index is 472. The van der Waals surface area contributed by atoms with E-state index in [4.69, 9.17) is 4.43 Å². The van der Waals surface area contributed by atoms with Gasteiger partial charge in [0.15, 0.2) is 0 Å². The van der Waals surface area contributed by atoms with Crippen LogP contribution in [0.3, 0.4) is 0 Å². The highest BCUT2D eigenvalue weighted by Gasteiger charge is 2.45. The number of halogens is 1.